The molecule has 0 aromatic carbocycles. The van der Waals surface area contributed by atoms with E-state index in [0.717, 1.165) is 45.8 Å². The maximum atomic E-state index is 11.3. The first-order chi connectivity index (χ1) is 8.52. The summed E-state index contributed by atoms with van der Waals surface area (Å²) in [6, 6.07) is 0. The molecular formula is C12H27N5O. The summed E-state index contributed by atoms with van der Waals surface area (Å²) < 4.78 is 0. The van der Waals surface area contributed by atoms with Crippen molar-refractivity contribution in [1.29, 1.82) is 0 Å². The van der Waals surface area contributed by atoms with Gasteiger partial charge in [-0.1, -0.05) is 6.92 Å². The fourth-order valence-electron chi connectivity index (χ4n) is 2.15. The third-order valence-electron chi connectivity index (χ3n) is 3.45. The Balaban J connectivity index is 2.21. The van der Waals surface area contributed by atoms with Gasteiger partial charge < -0.3 is 9.80 Å². The van der Waals surface area contributed by atoms with Crippen LogP contribution in [-0.2, 0) is 4.79 Å². The quantitative estimate of drug-likeness (QED) is 0.355. The number of likely N-dealkylation sites (N-methyl/N-ethyl adjacent to an activating group) is 1. The number of carbonyl (C=O) groups excluding carboxylic acids is 1. The van der Waals surface area contributed by atoms with Crippen molar-refractivity contribution in [3.63, 3.8) is 0 Å². The summed E-state index contributed by atoms with van der Waals surface area (Å²) >= 11 is 0. The highest BCUT2D eigenvalue weighted by molar-refractivity contribution is 5.77. The second kappa shape index (κ2) is 7.68. The van der Waals surface area contributed by atoms with E-state index in [1.54, 1.807) is 0 Å². The van der Waals surface area contributed by atoms with Gasteiger partial charge in [-0.15, -0.1) is 0 Å². The summed E-state index contributed by atoms with van der Waals surface area (Å²) in [5.41, 5.74) is 2.21. The molecule has 1 heterocycles. The topological polar surface area (TPSA) is 64.8 Å². The predicted molar refractivity (Wildman–Crippen MR) is 72.9 cm³/mol. The van der Waals surface area contributed by atoms with E-state index in [-0.39, 0.29) is 11.8 Å². The Morgan fingerprint density at radius 3 is 2.33 bits per heavy atom. The Morgan fingerprint density at radius 2 is 1.83 bits per heavy atom. The van der Waals surface area contributed by atoms with Crippen LogP contribution in [0.4, 0.5) is 0 Å². The van der Waals surface area contributed by atoms with E-state index in [1.807, 2.05) is 6.92 Å². The summed E-state index contributed by atoms with van der Waals surface area (Å²) in [5.74, 6) is 5.02. The van der Waals surface area contributed by atoms with Gasteiger partial charge in [-0.25, -0.2) is 5.84 Å². The summed E-state index contributed by atoms with van der Waals surface area (Å²) in [7, 11) is 4.20. The van der Waals surface area contributed by atoms with Gasteiger partial charge in [0.2, 0.25) is 5.91 Å². The molecule has 6 heteroatoms. The van der Waals surface area contributed by atoms with Crippen LogP contribution in [-0.4, -0.2) is 80.5 Å². The molecule has 0 saturated carbocycles. The van der Waals surface area contributed by atoms with Crippen LogP contribution in [0.5, 0.6) is 0 Å². The van der Waals surface area contributed by atoms with Gasteiger partial charge in [0.25, 0.3) is 0 Å². The standard InChI is InChI=1S/C12H27N5O/c1-11(12(18)14-13)10-17-8-6-16(7-9-17)5-4-15(2)3/h11H,4-10,13H2,1-3H3,(H,14,18). The third kappa shape index (κ3) is 5.30. The van der Waals surface area contributed by atoms with Crippen LogP contribution in [0.25, 0.3) is 0 Å². The van der Waals surface area contributed by atoms with Crippen molar-refractivity contribution < 1.29 is 4.79 Å². The number of hydrogen-bond donors (Lipinski definition) is 2. The normalized spacial score (nSPS) is 20.1. The lowest BCUT2D eigenvalue weighted by atomic mass is 10.1. The smallest absolute Gasteiger partial charge is 0.237 e. The molecule has 0 aromatic heterocycles. The lowest BCUT2D eigenvalue weighted by molar-refractivity contribution is -0.125. The van der Waals surface area contributed by atoms with Crippen LogP contribution in [0.3, 0.4) is 0 Å². The maximum absolute atomic E-state index is 11.3. The van der Waals surface area contributed by atoms with Crippen molar-refractivity contribution >= 4 is 5.91 Å². The Kier molecular flexibility index (Phi) is 6.56. The second-order valence-electron chi connectivity index (χ2n) is 5.36. The van der Waals surface area contributed by atoms with Crippen LogP contribution >= 0.6 is 0 Å². The van der Waals surface area contributed by atoms with E-state index in [9.17, 15) is 4.79 Å². The number of hydrazine groups is 1. The molecule has 6 nitrogen and oxygen atoms in total. The number of nitrogens with zero attached hydrogens (tertiary/aromatic N) is 3. The SMILES string of the molecule is CC(CN1CCN(CCN(C)C)CC1)C(=O)NN. The highest BCUT2D eigenvalue weighted by Gasteiger charge is 2.20. The largest absolute Gasteiger partial charge is 0.308 e. The predicted octanol–water partition coefficient (Wildman–Crippen LogP) is -1.21. The number of carbonyl (C=O) groups is 1. The third-order valence-corrected chi connectivity index (χ3v) is 3.45. The zero-order chi connectivity index (χ0) is 13.5. The van der Waals surface area contributed by atoms with Gasteiger partial charge in [0.05, 0.1) is 0 Å². The van der Waals surface area contributed by atoms with Crippen LogP contribution in [0.2, 0.25) is 0 Å². The number of hydrogen-bond acceptors (Lipinski definition) is 5. The van der Waals surface area contributed by atoms with Crippen molar-refractivity contribution in [2.45, 2.75) is 6.92 Å². The molecule has 0 radical (unpaired) electrons. The molecule has 0 bridgehead atoms. The molecule has 1 atom stereocenters. The van der Waals surface area contributed by atoms with E-state index >= 15 is 0 Å². The minimum Gasteiger partial charge on any atom is -0.308 e. The Morgan fingerprint density at radius 1 is 1.28 bits per heavy atom. The van der Waals surface area contributed by atoms with Gasteiger partial charge in [-0.05, 0) is 14.1 Å². The Bertz CT molecular complexity index is 251. The summed E-state index contributed by atoms with van der Waals surface area (Å²) in [4.78, 5) is 18.4. The van der Waals surface area contributed by atoms with Gasteiger partial charge in [0.15, 0.2) is 0 Å². The zero-order valence-electron chi connectivity index (χ0n) is 11.9. The first-order valence-electron chi connectivity index (χ1n) is 6.63. The Labute approximate surface area is 110 Å². The van der Waals surface area contributed by atoms with Crippen LogP contribution in [0.15, 0.2) is 0 Å². The summed E-state index contributed by atoms with van der Waals surface area (Å²) in [5, 5.41) is 0. The first kappa shape index (κ1) is 15.4. The molecule has 1 rings (SSSR count). The van der Waals surface area contributed by atoms with Gasteiger partial charge >= 0.3 is 0 Å². The first-order valence-corrected chi connectivity index (χ1v) is 6.63. The molecule has 1 saturated heterocycles. The van der Waals surface area contributed by atoms with Crippen molar-refractivity contribution in [2.24, 2.45) is 11.8 Å². The summed E-state index contributed by atoms with van der Waals surface area (Å²) in [6.45, 7) is 9.19. The van der Waals surface area contributed by atoms with E-state index in [2.05, 4.69) is 34.2 Å². The minimum absolute atomic E-state index is 0.0386. The molecule has 0 spiro atoms. The van der Waals surface area contributed by atoms with Crippen LogP contribution < -0.4 is 11.3 Å². The van der Waals surface area contributed by atoms with E-state index in [1.165, 1.54) is 0 Å². The molecule has 106 valence electrons. The number of nitrogens with two attached hydrogens (primary N) is 1. The fraction of sp³-hybridized carbons (Fsp3) is 0.917. The van der Waals surface area contributed by atoms with Crippen molar-refractivity contribution in [1.82, 2.24) is 20.1 Å². The van der Waals surface area contributed by atoms with E-state index in [4.69, 9.17) is 5.84 Å². The van der Waals surface area contributed by atoms with Crippen LogP contribution in [0.1, 0.15) is 6.92 Å². The molecular weight excluding hydrogens is 230 g/mol. The summed E-state index contributed by atoms with van der Waals surface area (Å²) in [6.07, 6.45) is 0. The molecule has 18 heavy (non-hydrogen) atoms. The molecule has 1 fully saturated rings. The van der Waals surface area contributed by atoms with Gasteiger partial charge in [0, 0.05) is 51.7 Å². The van der Waals surface area contributed by atoms with E-state index in [0.29, 0.717) is 0 Å². The van der Waals surface area contributed by atoms with Crippen molar-refractivity contribution in [3.05, 3.63) is 0 Å². The van der Waals surface area contributed by atoms with Gasteiger partial charge in [-0.2, -0.15) is 0 Å². The monoisotopic (exact) mass is 257 g/mol. The highest BCUT2D eigenvalue weighted by Crippen LogP contribution is 2.05. The number of amides is 1. The molecule has 1 unspecified atom stereocenters. The molecule has 3 N–H and O–H groups in total. The number of piperazine rings is 1. The minimum atomic E-state index is -0.0787. The van der Waals surface area contributed by atoms with E-state index < -0.39 is 0 Å². The maximum Gasteiger partial charge on any atom is 0.237 e. The molecule has 1 amide bonds. The lowest BCUT2D eigenvalue weighted by Gasteiger charge is -2.36. The average molecular weight is 257 g/mol. The second-order valence-corrected chi connectivity index (χ2v) is 5.36. The van der Waals surface area contributed by atoms with Crippen molar-refractivity contribution in [3.8, 4) is 0 Å². The number of nitrogens with one attached hydrogen (secondary N) is 1. The molecule has 1 aliphatic rings. The average Bonchev–Trinajstić information content (AvgIpc) is 2.36. The fourth-order valence-corrected chi connectivity index (χ4v) is 2.15. The lowest BCUT2D eigenvalue weighted by Crippen LogP contribution is -2.50. The van der Waals surface area contributed by atoms with Gasteiger partial charge in [0.1, 0.15) is 0 Å². The van der Waals surface area contributed by atoms with Gasteiger partial charge in [-0.3, -0.25) is 15.1 Å². The highest BCUT2D eigenvalue weighted by atomic mass is 16.2. The zero-order valence-corrected chi connectivity index (χ0v) is 11.9. The Hall–Kier alpha value is -0.690. The molecule has 0 aromatic rings. The van der Waals surface area contributed by atoms with Crippen LogP contribution in [0, 0.1) is 5.92 Å². The molecule has 1 aliphatic heterocycles. The van der Waals surface area contributed by atoms with Crippen molar-refractivity contribution in [2.75, 3.05) is 59.9 Å². The molecule has 0 aliphatic carbocycles. The number of rotatable bonds is 6.